The molecule has 0 saturated carbocycles. The van der Waals surface area contributed by atoms with Crippen molar-refractivity contribution in [3.8, 4) is 11.5 Å². The average molecular weight is 369 g/mol. The molecule has 2 atom stereocenters. The van der Waals surface area contributed by atoms with Gasteiger partial charge in [-0.15, -0.1) is 11.8 Å². The summed E-state index contributed by atoms with van der Waals surface area (Å²) < 4.78 is 11.3. The largest absolute Gasteiger partial charge is 0.486 e. The summed E-state index contributed by atoms with van der Waals surface area (Å²) in [5.74, 6) is 1.37. The van der Waals surface area contributed by atoms with Crippen LogP contribution in [0, 0.1) is 0 Å². The number of amides is 1. The van der Waals surface area contributed by atoms with E-state index in [-0.39, 0.29) is 11.8 Å². The lowest BCUT2D eigenvalue weighted by atomic mass is 9.98. The van der Waals surface area contributed by atoms with Crippen molar-refractivity contribution in [2.24, 2.45) is 0 Å². The molecule has 2 unspecified atom stereocenters. The van der Waals surface area contributed by atoms with Gasteiger partial charge in [-0.05, 0) is 43.2 Å². The maximum absolute atomic E-state index is 13.3. The third kappa shape index (κ3) is 3.28. The van der Waals surface area contributed by atoms with E-state index in [4.69, 9.17) is 9.47 Å². The second kappa shape index (κ2) is 7.23. The molecule has 0 fully saturated rings. The van der Waals surface area contributed by atoms with Crippen molar-refractivity contribution in [1.29, 1.82) is 0 Å². The summed E-state index contributed by atoms with van der Waals surface area (Å²) in [5.41, 5.74) is 1.98. The molecule has 0 bridgehead atoms. The minimum absolute atomic E-state index is 0.129. The highest BCUT2D eigenvalue weighted by molar-refractivity contribution is 8.00. The molecule has 0 aliphatic carbocycles. The van der Waals surface area contributed by atoms with Gasteiger partial charge in [-0.3, -0.25) is 4.79 Å². The van der Waals surface area contributed by atoms with Crippen molar-refractivity contribution < 1.29 is 14.3 Å². The van der Waals surface area contributed by atoms with E-state index in [0.29, 0.717) is 18.5 Å². The Balaban J connectivity index is 1.63. The van der Waals surface area contributed by atoms with Gasteiger partial charge in [0.1, 0.15) is 13.2 Å². The lowest BCUT2D eigenvalue weighted by Gasteiger charge is -2.26. The Labute approximate surface area is 158 Å². The van der Waals surface area contributed by atoms with Gasteiger partial charge in [0, 0.05) is 16.7 Å². The zero-order valence-electron chi connectivity index (χ0n) is 15.1. The van der Waals surface area contributed by atoms with Crippen LogP contribution in [0.15, 0.2) is 47.4 Å². The van der Waals surface area contributed by atoms with Crippen molar-refractivity contribution in [3.05, 3.63) is 48.0 Å². The van der Waals surface area contributed by atoms with E-state index in [2.05, 4.69) is 19.1 Å². The molecule has 136 valence electrons. The number of hydrogen-bond acceptors (Lipinski definition) is 4. The van der Waals surface area contributed by atoms with Crippen LogP contribution in [0.2, 0.25) is 0 Å². The first-order valence-electron chi connectivity index (χ1n) is 9.10. The van der Waals surface area contributed by atoms with Gasteiger partial charge in [0.25, 0.3) is 0 Å². The lowest BCUT2D eigenvalue weighted by molar-refractivity contribution is -0.119. The van der Waals surface area contributed by atoms with E-state index >= 15 is 0 Å². The lowest BCUT2D eigenvalue weighted by Crippen LogP contribution is -2.35. The Morgan fingerprint density at radius 3 is 2.77 bits per heavy atom. The number of thioether (sulfide) groups is 1. The van der Waals surface area contributed by atoms with Crippen molar-refractivity contribution in [2.75, 3.05) is 24.7 Å². The number of para-hydroxylation sites is 1. The van der Waals surface area contributed by atoms with E-state index in [1.54, 1.807) is 0 Å². The molecular formula is C21H23NO3S. The fourth-order valence-electron chi connectivity index (χ4n) is 3.42. The molecule has 2 aliphatic heterocycles. The molecule has 4 nitrogen and oxygen atoms in total. The Hall–Kier alpha value is -2.14. The average Bonchev–Trinajstić information content (AvgIpc) is 2.84. The van der Waals surface area contributed by atoms with E-state index in [1.165, 1.54) is 4.90 Å². The molecule has 0 spiro atoms. The number of carbonyl (C=O) groups is 1. The summed E-state index contributed by atoms with van der Waals surface area (Å²) in [7, 11) is 0. The van der Waals surface area contributed by atoms with Crippen LogP contribution in [-0.4, -0.2) is 30.9 Å². The van der Waals surface area contributed by atoms with Crippen LogP contribution in [0.3, 0.4) is 0 Å². The molecule has 4 rings (SSSR count). The third-order valence-electron chi connectivity index (χ3n) is 4.95. The number of hydrogen-bond donors (Lipinski definition) is 0. The molecule has 1 amide bonds. The molecule has 2 aromatic rings. The minimum Gasteiger partial charge on any atom is -0.486 e. The Morgan fingerprint density at radius 1 is 1.15 bits per heavy atom. The number of benzene rings is 2. The number of carbonyl (C=O) groups excluding carboxylic acids is 1. The first-order chi connectivity index (χ1) is 12.6. The number of anilines is 1. The summed E-state index contributed by atoms with van der Waals surface area (Å²) in [6.07, 6.45) is 0.985. The van der Waals surface area contributed by atoms with Gasteiger partial charge in [0.05, 0.1) is 11.6 Å². The maximum atomic E-state index is 13.3. The number of fused-ring (bicyclic) bond motifs is 2. The van der Waals surface area contributed by atoms with Crippen LogP contribution in [-0.2, 0) is 4.79 Å². The van der Waals surface area contributed by atoms with E-state index < -0.39 is 0 Å². The summed E-state index contributed by atoms with van der Waals surface area (Å²) in [6.45, 7) is 6.06. The molecule has 2 aliphatic rings. The van der Waals surface area contributed by atoms with Gasteiger partial charge in [-0.1, -0.05) is 25.1 Å². The Kier molecular flexibility index (Phi) is 4.81. The molecule has 5 heteroatoms. The van der Waals surface area contributed by atoms with E-state index in [1.807, 2.05) is 53.9 Å². The van der Waals surface area contributed by atoms with Crippen LogP contribution in [0.4, 0.5) is 5.69 Å². The normalized spacial score (nSPS) is 20.1. The van der Waals surface area contributed by atoms with Crippen LogP contribution in [0.1, 0.15) is 31.7 Å². The molecule has 0 radical (unpaired) electrons. The Morgan fingerprint density at radius 2 is 1.92 bits per heavy atom. The SMILES string of the molecule is CC1CCN(C(=O)C(C)c2ccc3c(c2)OCCO3)c2ccccc2S1. The predicted octanol–water partition coefficient (Wildman–Crippen LogP) is 4.48. The quantitative estimate of drug-likeness (QED) is 0.782. The summed E-state index contributed by atoms with van der Waals surface area (Å²) in [5, 5.41) is 0.499. The zero-order valence-corrected chi connectivity index (χ0v) is 15.9. The van der Waals surface area contributed by atoms with Crippen molar-refractivity contribution in [3.63, 3.8) is 0 Å². The first kappa shape index (κ1) is 17.3. The summed E-state index contributed by atoms with van der Waals surface area (Å²) in [6, 6.07) is 14.0. The first-order valence-corrected chi connectivity index (χ1v) is 9.98. The zero-order chi connectivity index (χ0) is 18.1. The smallest absolute Gasteiger partial charge is 0.234 e. The molecule has 2 aromatic carbocycles. The minimum atomic E-state index is -0.239. The van der Waals surface area contributed by atoms with Crippen LogP contribution in [0.5, 0.6) is 11.5 Å². The highest BCUT2D eigenvalue weighted by Crippen LogP contribution is 2.39. The second-order valence-electron chi connectivity index (χ2n) is 6.80. The molecule has 2 heterocycles. The fourth-order valence-corrected chi connectivity index (χ4v) is 4.53. The summed E-state index contributed by atoms with van der Waals surface area (Å²) in [4.78, 5) is 16.5. The molecule has 0 saturated heterocycles. The van der Waals surface area contributed by atoms with Gasteiger partial charge in [0.2, 0.25) is 5.91 Å². The topological polar surface area (TPSA) is 38.8 Å². The van der Waals surface area contributed by atoms with E-state index in [9.17, 15) is 4.79 Å². The monoisotopic (exact) mass is 369 g/mol. The molecule has 0 aromatic heterocycles. The number of nitrogens with zero attached hydrogens (tertiary/aromatic N) is 1. The highest BCUT2D eigenvalue weighted by Gasteiger charge is 2.28. The molecule has 0 N–H and O–H groups in total. The van der Waals surface area contributed by atoms with E-state index in [0.717, 1.165) is 35.7 Å². The Bertz CT molecular complexity index is 823. The standard InChI is InChI=1S/C21H23NO3S/c1-14-9-10-22(17-5-3-4-6-20(17)26-14)21(23)15(2)16-7-8-18-19(13-16)25-12-11-24-18/h3-8,13-15H,9-12H2,1-2H3. The highest BCUT2D eigenvalue weighted by atomic mass is 32.2. The van der Waals surface area contributed by atoms with Crippen LogP contribution in [0.25, 0.3) is 0 Å². The summed E-state index contributed by atoms with van der Waals surface area (Å²) >= 11 is 1.85. The fraction of sp³-hybridized carbons (Fsp3) is 0.381. The maximum Gasteiger partial charge on any atom is 0.234 e. The van der Waals surface area contributed by atoms with Gasteiger partial charge >= 0.3 is 0 Å². The number of rotatable bonds is 2. The molecule has 26 heavy (non-hydrogen) atoms. The third-order valence-corrected chi connectivity index (χ3v) is 6.18. The van der Waals surface area contributed by atoms with Crippen LogP contribution < -0.4 is 14.4 Å². The van der Waals surface area contributed by atoms with Crippen molar-refractivity contribution in [2.45, 2.75) is 36.3 Å². The van der Waals surface area contributed by atoms with Crippen molar-refractivity contribution >= 4 is 23.4 Å². The van der Waals surface area contributed by atoms with Gasteiger partial charge < -0.3 is 14.4 Å². The number of ether oxygens (including phenoxy) is 2. The van der Waals surface area contributed by atoms with Gasteiger partial charge in [-0.25, -0.2) is 0 Å². The van der Waals surface area contributed by atoms with Gasteiger partial charge in [-0.2, -0.15) is 0 Å². The van der Waals surface area contributed by atoms with Crippen molar-refractivity contribution in [1.82, 2.24) is 0 Å². The van der Waals surface area contributed by atoms with Crippen LogP contribution >= 0.6 is 11.8 Å². The molecular weight excluding hydrogens is 346 g/mol. The predicted molar refractivity (Wildman–Crippen MR) is 105 cm³/mol. The second-order valence-corrected chi connectivity index (χ2v) is 8.28. The van der Waals surface area contributed by atoms with Gasteiger partial charge in [0.15, 0.2) is 11.5 Å².